The van der Waals surface area contributed by atoms with Crippen molar-refractivity contribution in [3.63, 3.8) is 0 Å². The van der Waals surface area contributed by atoms with Gasteiger partial charge in [0.1, 0.15) is 11.6 Å². The Balaban J connectivity index is 1.43. The maximum absolute atomic E-state index is 9.51. The summed E-state index contributed by atoms with van der Waals surface area (Å²) in [5.74, 6) is 2.35. The minimum Gasteiger partial charge on any atom is -0.349 e. The van der Waals surface area contributed by atoms with Crippen LogP contribution in [0.2, 0.25) is 0 Å². The van der Waals surface area contributed by atoms with Gasteiger partial charge in [0.25, 0.3) is 0 Å². The monoisotopic (exact) mass is 335 g/mol. The molecule has 4 heterocycles. The van der Waals surface area contributed by atoms with Gasteiger partial charge in [0, 0.05) is 45.0 Å². The lowest BCUT2D eigenvalue weighted by Crippen LogP contribution is -2.47. The molecule has 25 heavy (non-hydrogen) atoms. The molecule has 2 bridgehead atoms. The van der Waals surface area contributed by atoms with Crippen LogP contribution in [-0.2, 0) is 7.05 Å². The van der Waals surface area contributed by atoms with Crippen molar-refractivity contribution in [1.82, 2.24) is 24.6 Å². The number of anilines is 1. The first-order valence-electron chi connectivity index (χ1n) is 8.98. The Morgan fingerprint density at radius 1 is 1.24 bits per heavy atom. The van der Waals surface area contributed by atoms with E-state index in [0.717, 1.165) is 30.4 Å². The van der Waals surface area contributed by atoms with Gasteiger partial charge in [-0.15, -0.1) is 0 Å². The second-order valence-electron chi connectivity index (χ2n) is 7.54. The number of rotatable bonds is 4. The summed E-state index contributed by atoms with van der Waals surface area (Å²) >= 11 is 0. The summed E-state index contributed by atoms with van der Waals surface area (Å²) in [7, 11) is 1.88. The highest BCUT2D eigenvalue weighted by atomic mass is 15.4. The molecule has 2 aliphatic heterocycles. The number of piperazine rings is 1. The first-order chi connectivity index (χ1) is 12.2. The minimum atomic E-state index is 0.465. The molecule has 1 aliphatic carbocycles. The van der Waals surface area contributed by atoms with Crippen LogP contribution in [0.4, 0.5) is 5.82 Å². The molecular weight excluding hydrogens is 314 g/mol. The molecule has 2 aromatic rings. The zero-order chi connectivity index (χ0) is 17.0. The molecule has 0 spiro atoms. The van der Waals surface area contributed by atoms with Crippen LogP contribution in [0.5, 0.6) is 0 Å². The summed E-state index contributed by atoms with van der Waals surface area (Å²) in [5.41, 5.74) is 1.45. The highest BCUT2D eigenvalue weighted by Gasteiger charge is 2.45. The van der Waals surface area contributed by atoms with E-state index in [1.54, 1.807) is 17.1 Å². The number of hydrogen-bond acceptors (Lipinski definition) is 6. The van der Waals surface area contributed by atoms with Gasteiger partial charge >= 0.3 is 0 Å². The average molecular weight is 335 g/mol. The van der Waals surface area contributed by atoms with Gasteiger partial charge in [-0.05, 0) is 25.2 Å². The maximum Gasteiger partial charge on any atom is 0.164 e. The number of hydrogen-bond donors (Lipinski definition) is 0. The van der Waals surface area contributed by atoms with Crippen molar-refractivity contribution in [3.8, 4) is 17.5 Å². The Labute approximate surface area is 146 Å². The first-order valence-corrected chi connectivity index (χ1v) is 8.98. The van der Waals surface area contributed by atoms with Crippen LogP contribution < -0.4 is 4.90 Å². The van der Waals surface area contributed by atoms with E-state index in [2.05, 4.69) is 26.0 Å². The third-order valence-electron chi connectivity index (χ3n) is 5.67. The Kier molecular flexibility index (Phi) is 3.28. The van der Waals surface area contributed by atoms with Crippen molar-refractivity contribution >= 4 is 5.82 Å². The predicted molar refractivity (Wildman–Crippen MR) is 92.8 cm³/mol. The molecule has 128 valence electrons. The zero-order valence-corrected chi connectivity index (χ0v) is 14.3. The molecule has 0 N–H and O–H groups in total. The van der Waals surface area contributed by atoms with Crippen molar-refractivity contribution in [2.24, 2.45) is 13.0 Å². The fourth-order valence-corrected chi connectivity index (χ4v) is 4.21. The van der Waals surface area contributed by atoms with Crippen LogP contribution in [0, 0.1) is 17.2 Å². The zero-order valence-electron chi connectivity index (χ0n) is 14.3. The summed E-state index contributed by atoms with van der Waals surface area (Å²) in [6.07, 6.45) is 9.30. The molecule has 2 aromatic heterocycles. The van der Waals surface area contributed by atoms with E-state index in [1.807, 2.05) is 13.2 Å². The van der Waals surface area contributed by atoms with Gasteiger partial charge in [-0.2, -0.15) is 10.4 Å². The fourth-order valence-electron chi connectivity index (χ4n) is 4.21. The van der Waals surface area contributed by atoms with Crippen LogP contribution in [-0.4, -0.2) is 56.4 Å². The Hall–Kier alpha value is -2.46. The van der Waals surface area contributed by atoms with Crippen molar-refractivity contribution in [2.45, 2.75) is 31.3 Å². The molecule has 0 unspecified atom stereocenters. The van der Waals surface area contributed by atoms with E-state index < -0.39 is 0 Å². The fraction of sp³-hybridized carbons (Fsp3) is 0.556. The number of nitrogens with zero attached hydrogens (tertiary/aromatic N) is 7. The average Bonchev–Trinajstić information content (AvgIpc) is 3.02. The molecule has 3 aliphatic rings. The molecule has 7 nitrogen and oxygen atoms in total. The molecule has 5 rings (SSSR count). The number of aryl methyl sites for hydroxylation is 1. The number of aromatic nitrogens is 4. The molecule has 7 heteroatoms. The lowest BCUT2D eigenvalue weighted by Gasteiger charge is -2.35. The molecule has 0 amide bonds. The largest absolute Gasteiger partial charge is 0.349 e. The van der Waals surface area contributed by atoms with Gasteiger partial charge in [-0.1, -0.05) is 0 Å². The van der Waals surface area contributed by atoms with E-state index in [4.69, 9.17) is 4.98 Å². The molecule has 0 aromatic carbocycles. The smallest absolute Gasteiger partial charge is 0.164 e. The second-order valence-corrected chi connectivity index (χ2v) is 7.54. The van der Waals surface area contributed by atoms with Crippen LogP contribution in [0.15, 0.2) is 18.6 Å². The number of likely N-dealkylation sites (tertiary alicyclic amines) is 1. The van der Waals surface area contributed by atoms with E-state index in [1.165, 1.54) is 25.8 Å². The maximum atomic E-state index is 9.51. The molecule has 2 saturated heterocycles. The van der Waals surface area contributed by atoms with E-state index in [-0.39, 0.29) is 0 Å². The standard InChI is InChI=1S/C18H21N7/c1-23-9-14(7-21-23)17-20-6-13(5-19)18(22-17)25-11-15-4-16(25)10-24(15)8-12-2-3-12/h6-7,9,12,15-16H,2-4,8,10-11H2,1H3/t15-,16-/m0/s1. The predicted octanol–water partition coefficient (Wildman–Crippen LogP) is 1.42. The van der Waals surface area contributed by atoms with Crippen LogP contribution in [0.1, 0.15) is 24.8 Å². The van der Waals surface area contributed by atoms with Crippen molar-refractivity contribution in [2.75, 3.05) is 24.5 Å². The van der Waals surface area contributed by atoms with Crippen LogP contribution >= 0.6 is 0 Å². The molecular formula is C18H21N7. The lowest BCUT2D eigenvalue weighted by atomic mass is 10.2. The van der Waals surface area contributed by atoms with Gasteiger partial charge < -0.3 is 4.90 Å². The van der Waals surface area contributed by atoms with Gasteiger partial charge in [0.15, 0.2) is 11.6 Å². The summed E-state index contributed by atoms with van der Waals surface area (Å²) in [4.78, 5) is 14.1. The minimum absolute atomic E-state index is 0.465. The van der Waals surface area contributed by atoms with Crippen LogP contribution in [0.25, 0.3) is 11.4 Å². The van der Waals surface area contributed by atoms with Crippen LogP contribution in [0.3, 0.4) is 0 Å². The van der Waals surface area contributed by atoms with Crippen molar-refractivity contribution in [3.05, 3.63) is 24.2 Å². The van der Waals surface area contributed by atoms with E-state index in [9.17, 15) is 5.26 Å². The van der Waals surface area contributed by atoms with Crippen molar-refractivity contribution < 1.29 is 0 Å². The van der Waals surface area contributed by atoms with Gasteiger partial charge in [-0.3, -0.25) is 9.58 Å². The van der Waals surface area contributed by atoms with E-state index in [0.29, 0.717) is 23.5 Å². The first kappa shape index (κ1) is 14.8. The second kappa shape index (κ2) is 5.53. The third-order valence-corrected chi connectivity index (χ3v) is 5.67. The quantitative estimate of drug-likeness (QED) is 0.841. The van der Waals surface area contributed by atoms with E-state index >= 15 is 0 Å². The number of fused-ring (bicyclic) bond motifs is 2. The summed E-state index contributed by atoms with van der Waals surface area (Å²) in [6.45, 7) is 3.32. The highest BCUT2D eigenvalue weighted by molar-refractivity contribution is 5.61. The molecule has 1 saturated carbocycles. The van der Waals surface area contributed by atoms with Gasteiger partial charge in [0.2, 0.25) is 0 Å². The molecule has 2 atom stereocenters. The Morgan fingerprint density at radius 2 is 2.12 bits per heavy atom. The molecule has 3 fully saturated rings. The van der Waals surface area contributed by atoms with Crippen molar-refractivity contribution in [1.29, 1.82) is 5.26 Å². The summed E-state index contributed by atoms with van der Waals surface area (Å²) < 4.78 is 1.74. The van der Waals surface area contributed by atoms with Gasteiger partial charge in [0.05, 0.1) is 18.0 Å². The van der Waals surface area contributed by atoms with Gasteiger partial charge in [-0.25, -0.2) is 9.97 Å². The third kappa shape index (κ3) is 2.57. The summed E-state index contributed by atoms with van der Waals surface area (Å²) in [5, 5.41) is 13.7. The highest BCUT2D eigenvalue weighted by Crippen LogP contribution is 2.38. The Morgan fingerprint density at radius 3 is 2.76 bits per heavy atom. The SMILES string of the molecule is Cn1cc(-c2ncc(C#N)c(N3C[C@@H]4C[C@H]3CN4CC3CC3)n2)cn1. The lowest BCUT2D eigenvalue weighted by molar-refractivity contribution is 0.229. The topological polar surface area (TPSA) is 73.9 Å². The summed E-state index contributed by atoms with van der Waals surface area (Å²) in [6, 6.07) is 3.34. The normalized spacial score (nSPS) is 25.5. The molecule has 0 radical (unpaired) electrons. The number of nitriles is 1. The Bertz CT molecular complexity index is 847.